The number of non-ortho nitro benzene ring substituents is 1. The molecule has 2 heterocycles. The Morgan fingerprint density at radius 2 is 1.53 bits per heavy atom. The van der Waals surface area contributed by atoms with Crippen molar-refractivity contribution in [2.75, 3.05) is 0 Å². The third kappa shape index (κ3) is 4.24. The molecular formula is C30H21N5O3. The molecule has 6 rings (SSSR count). The molecule has 0 radical (unpaired) electrons. The fourth-order valence-electron chi connectivity index (χ4n) is 4.55. The van der Waals surface area contributed by atoms with Gasteiger partial charge in [-0.25, -0.2) is 4.98 Å². The molecule has 8 heteroatoms. The van der Waals surface area contributed by atoms with Gasteiger partial charge in [-0.2, -0.15) is 9.78 Å². The summed E-state index contributed by atoms with van der Waals surface area (Å²) in [4.78, 5) is 28.8. The number of rotatable bonds is 6. The molecule has 6 aromatic rings. The van der Waals surface area contributed by atoms with Gasteiger partial charge in [0, 0.05) is 46.9 Å². The van der Waals surface area contributed by atoms with Gasteiger partial charge in [-0.1, -0.05) is 72.8 Å². The molecule has 0 saturated heterocycles. The molecular weight excluding hydrogens is 478 g/mol. The van der Waals surface area contributed by atoms with Crippen LogP contribution in [0.3, 0.4) is 0 Å². The van der Waals surface area contributed by atoms with Crippen molar-refractivity contribution in [1.82, 2.24) is 14.2 Å². The Kier molecular flexibility index (Phi) is 5.82. The lowest BCUT2D eigenvalue weighted by atomic mass is 10.2. The first-order valence-corrected chi connectivity index (χ1v) is 12.0. The Morgan fingerprint density at radius 1 is 0.842 bits per heavy atom. The Labute approximate surface area is 216 Å². The van der Waals surface area contributed by atoms with Crippen LogP contribution < -0.4 is 5.56 Å². The Bertz CT molecular complexity index is 1890. The number of nitro benzene ring substituents is 1. The minimum Gasteiger partial charge on any atom is -0.342 e. The monoisotopic (exact) mass is 499 g/mol. The van der Waals surface area contributed by atoms with Gasteiger partial charge in [0.15, 0.2) is 5.82 Å². The first kappa shape index (κ1) is 23.1. The van der Waals surface area contributed by atoms with E-state index in [0.29, 0.717) is 23.3 Å². The normalized spacial score (nSPS) is 11.5. The van der Waals surface area contributed by atoms with Crippen LogP contribution in [0.15, 0.2) is 119 Å². The number of benzene rings is 4. The summed E-state index contributed by atoms with van der Waals surface area (Å²) in [5.41, 5.74) is 3.96. The molecule has 0 saturated carbocycles. The summed E-state index contributed by atoms with van der Waals surface area (Å²) in [5.74, 6) is 0.458. The van der Waals surface area contributed by atoms with Crippen LogP contribution in [-0.4, -0.2) is 25.4 Å². The van der Waals surface area contributed by atoms with Crippen LogP contribution >= 0.6 is 0 Å². The third-order valence-corrected chi connectivity index (χ3v) is 6.42. The lowest BCUT2D eigenvalue weighted by Gasteiger charge is -2.09. The zero-order valence-corrected chi connectivity index (χ0v) is 20.1. The van der Waals surface area contributed by atoms with Crippen LogP contribution in [0, 0.1) is 10.1 Å². The van der Waals surface area contributed by atoms with Crippen LogP contribution in [0.4, 0.5) is 5.69 Å². The molecule has 0 N–H and O–H groups in total. The topological polar surface area (TPSA) is 95.3 Å². The zero-order chi connectivity index (χ0) is 26.1. The standard InChI is InChI=1S/C30H21N5O3/c36-30-26-11-4-6-12-27(26)32-29(22-8-2-1-3-9-22)34(30)31-18-23-20-33(28-13-7-5-10-25(23)28)19-21-14-16-24(17-15-21)35(37)38/h1-18,20H,19H2. The van der Waals surface area contributed by atoms with Crippen LogP contribution in [0.5, 0.6) is 0 Å². The van der Waals surface area contributed by atoms with Crippen LogP contribution in [-0.2, 0) is 6.54 Å². The van der Waals surface area contributed by atoms with E-state index in [0.717, 1.165) is 27.6 Å². The van der Waals surface area contributed by atoms with Crippen molar-refractivity contribution in [3.8, 4) is 11.4 Å². The Morgan fingerprint density at radius 3 is 2.29 bits per heavy atom. The van der Waals surface area contributed by atoms with Crippen molar-refractivity contribution >= 4 is 33.7 Å². The number of para-hydroxylation sites is 2. The number of hydrogen-bond donors (Lipinski definition) is 0. The Hall–Kier alpha value is -5.37. The van der Waals surface area contributed by atoms with Gasteiger partial charge < -0.3 is 4.57 Å². The lowest BCUT2D eigenvalue weighted by Crippen LogP contribution is -2.20. The average Bonchev–Trinajstić information content (AvgIpc) is 3.30. The van der Waals surface area contributed by atoms with Crippen molar-refractivity contribution < 1.29 is 4.92 Å². The second-order valence-electron chi connectivity index (χ2n) is 8.83. The van der Waals surface area contributed by atoms with Gasteiger partial charge in [0.05, 0.1) is 22.0 Å². The highest BCUT2D eigenvalue weighted by atomic mass is 16.6. The second-order valence-corrected chi connectivity index (χ2v) is 8.83. The van der Waals surface area contributed by atoms with E-state index >= 15 is 0 Å². The van der Waals surface area contributed by atoms with Gasteiger partial charge in [0.2, 0.25) is 0 Å². The van der Waals surface area contributed by atoms with E-state index in [4.69, 9.17) is 4.98 Å². The summed E-state index contributed by atoms with van der Waals surface area (Å²) in [6, 6.07) is 31.2. The van der Waals surface area contributed by atoms with Gasteiger partial charge in [-0.3, -0.25) is 14.9 Å². The van der Waals surface area contributed by atoms with E-state index in [1.807, 2.05) is 79.0 Å². The maximum atomic E-state index is 13.5. The molecule has 0 bridgehead atoms. The fourth-order valence-corrected chi connectivity index (χ4v) is 4.55. The number of nitro groups is 1. The predicted octanol–water partition coefficient (Wildman–Crippen LogP) is 5.86. The number of hydrogen-bond acceptors (Lipinski definition) is 5. The summed E-state index contributed by atoms with van der Waals surface area (Å²) in [6.07, 6.45) is 3.65. The van der Waals surface area contributed by atoms with Crippen molar-refractivity contribution in [2.45, 2.75) is 6.54 Å². The van der Waals surface area contributed by atoms with E-state index < -0.39 is 4.92 Å². The summed E-state index contributed by atoms with van der Waals surface area (Å²) in [7, 11) is 0. The van der Waals surface area contributed by atoms with E-state index in [2.05, 4.69) is 9.67 Å². The molecule has 0 fully saturated rings. The summed E-state index contributed by atoms with van der Waals surface area (Å²) in [5, 5.41) is 17.1. The van der Waals surface area contributed by atoms with E-state index in [9.17, 15) is 14.9 Å². The van der Waals surface area contributed by atoms with E-state index in [1.54, 1.807) is 24.4 Å². The minimum atomic E-state index is -0.406. The van der Waals surface area contributed by atoms with Crippen LogP contribution in [0.1, 0.15) is 11.1 Å². The highest BCUT2D eigenvalue weighted by molar-refractivity contribution is 5.99. The van der Waals surface area contributed by atoms with Gasteiger partial charge in [0.25, 0.3) is 11.2 Å². The van der Waals surface area contributed by atoms with Gasteiger partial charge >= 0.3 is 0 Å². The largest absolute Gasteiger partial charge is 0.342 e. The first-order valence-electron chi connectivity index (χ1n) is 12.0. The molecule has 2 aromatic heterocycles. The van der Waals surface area contributed by atoms with Crippen molar-refractivity contribution in [3.63, 3.8) is 0 Å². The summed E-state index contributed by atoms with van der Waals surface area (Å²) >= 11 is 0. The summed E-state index contributed by atoms with van der Waals surface area (Å²) in [6.45, 7) is 0.527. The molecule has 0 unspecified atom stereocenters. The molecule has 0 atom stereocenters. The molecule has 0 spiro atoms. The molecule has 0 aliphatic rings. The number of fused-ring (bicyclic) bond motifs is 2. The quantitative estimate of drug-likeness (QED) is 0.163. The third-order valence-electron chi connectivity index (χ3n) is 6.42. The van der Waals surface area contributed by atoms with Gasteiger partial charge in [-0.05, 0) is 23.8 Å². The lowest BCUT2D eigenvalue weighted by molar-refractivity contribution is -0.384. The molecule has 0 aliphatic heterocycles. The van der Waals surface area contributed by atoms with Crippen molar-refractivity contribution in [2.24, 2.45) is 5.10 Å². The average molecular weight is 500 g/mol. The smallest absolute Gasteiger partial charge is 0.282 e. The van der Waals surface area contributed by atoms with Gasteiger partial charge in [-0.15, -0.1) is 0 Å². The zero-order valence-electron chi connectivity index (χ0n) is 20.1. The van der Waals surface area contributed by atoms with Gasteiger partial charge in [0.1, 0.15) is 0 Å². The fraction of sp³-hybridized carbons (Fsp3) is 0.0333. The molecule has 184 valence electrons. The molecule has 38 heavy (non-hydrogen) atoms. The predicted molar refractivity (Wildman–Crippen MR) is 149 cm³/mol. The highest BCUT2D eigenvalue weighted by Gasteiger charge is 2.13. The first-order chi connectivity index (χ1) is 18.6. The van der Waals surface area contributed by atoms with Crippen molar-refractivity contribution in [1.29, 1.82) is 0 Å². The molecule has 0 aliphatic carbocycles. The molecule has 8 nitrogen and oxygen atoms in total. The maximum Gasteiger partial charge on any atom is 0.282 e. The molecule has 0 amide bonds. The Balaban J connectivity index is 1.44. The maximum absolute atomic E-state index is 13.5. The minimum absolute atomic E-state index is 0.0580. The highest BCUT2D eigenvalue weighted by Crippen LogP contribution is 2.23. The van der Waals surface area contributed by atoms with E-state index in [-0.39, 0.29) is 11.2 Å². The van der Waals surface area contributed by atoms with Crippen LogP contribution in [0.2, 0.25) is 0 Å². The second kappa shape index (κ2) is 9.59. The van der Waals surface area contributed by atoms with Crippen LogP contribution in [0.25, 0.3) is 33.2 Å². The van der Waals surface area contributed by atoms with Crippen molar-refractivity contribution in [3.05, 3.63) is 141 Å². The number of aromatic nitrogens is 3. The molecule has 4 aromatic carbocycles. The summed E-state index contributed by atoms with van der Waals surface area (Å²) < 4.78 is 3.41. The van der Waals surface area contributed by atoms with E-state index in [1.165, 1.54) is 16.8 Å². The SMILES string of the molecule is O=c1c2ccccc2nc(-c2ccccc2)n1N=Cc1cn(Cc2ccc([N+](=O)[O-])cc2)c2ccccc12. The number of nitrogens with zero attached hydrogens (tertiary/aromatic N) is 5.